The highest BCUT2D eigenvalue weighted by molar-refractivity contribution is 6.06. The van der Waals surface area contributed by atoms with Gasteiger partial charge in [0.2, 0.25) is 0 Å². The Bertz CT molecular complexity index is 1250. The van der Waals surface area contributed by atoms with Crippen LogP contribution in [0, 0.1) is 0 Å². The van der Waals surface area contributed by atoms with Crippen LogP contribution < -0.4 is 10.6 Å². The predicted molar refractivity (Wildman–Crippen MR) is 130 cm³/mol. The van der Waals surface area contributed by atoms with Crippen molar-refractivity contribution < 1.29 is 14.3 Å². The van der Waals surface area contributed by atoms with E-state index in [-0.39, 0.29) is 17.9 Å². The maximum atomic E-state index is 13.3. The molecule has 6 rings (SSSR count). The van der Waals surface area contributed by atoms with Gasteiger partial charge in [-0.2, -0.15) is 0 Å². The Labute approximate surface area is 198 Å². The number of anilines is 1. The summed E-state index contributed by atoms with van der Waals surface area (Å²) >= 11 is 0. The molecule has 0 unspecified atom stereocenters. The third kappa shape index (κ3) is 3.78. The first kappa shape index (κ1) is 21.4. The number of nitrogens with zero attached hydrogens (tertiary/aromatic N) is 2. The Morgan fingerprint density at radius 1 is 1.06 bits per heavy atom. The van der Waals surface area contributed by atoms with Crippen molar-refractivity contribution in [2.24, 2.45) is 7.05 Å². The minimum atomic E-state index is -0.441. The van der Waals surface area contributed by atoms with E-state index in [1.807, 2.05) is 25.2 Å². The first-order chi connectivity index (χ1) is 16.6. The van der Waals surface area contributed by atoms with Crippen LogP contribution in [0.4, 0.5) is 5.69 Å². The highest BCUT2D eigenvalue weighted by Crippen LogP contribution is 2.38. The molecule has 2 N–H and O–H groups in total. The van der Waals surface area contributed by atoms with E-state index in [9.17, 15) is 9.59 Å². The van der Waals surface area contributed by atoms with Crippen LogP contribution in [0.15, 0.2) is 36.4 Å². The van der Waals surface area contributed by atoms with Crippen molar-refractivity contribution in [3.8, 4) is 0 Å². The van der Waals surface area contributed by atoms with Gasteiger partial charge in [-0.05, 0) is 61.8 Å². The van der Waals surface area contributed by atoms with Gasteiger partial charge in [0.1, 0.15) is 11.9 Å². The van der Waals surface area contributed by atoms with Crippen LogP contribution in [0.25, 0.3) is 11.0 Å². The molecule has 3 aliphatic rings. The molecule has 2 aromatic carbocycles. The van der Waals surface area contributed by atoms with E-state index in [0.717, 1.165) is 55.4 Å². The Morgan fingerprint density at radius 3 is 2.47 bits per heavy atom. The molecule has 1 saturated carbocycles. The van der Waals surface area contributed by atoms with Gasteiger partial charge in [0, 0.05) is 31.2 Å². The molecular weight excluding hydrogens is 428 g/mol. The number of carbonyl (C=O) groups excluding carboxylic acids is 2. The van der Waals surface area contributed by atoms with Crippen molar-refractivity contribution in [2.75, 3.05) is 11.9 Å². The van der Waals surface area contributed by atoms with Crippen LogP contribution in [0.5, 0.6) is 0 Å². The molecule has 176 valence electrons. The lowest BCUT2D eigenvalue weighted by atomic mass is 9.85. The smallest absolute Gasteiger partial charge is 0.253 e. The lowest BCUT2D eigenvalue weighted by Gasteiger charge is -2.24. The SMILES string of the molecule is Cn1c(C2CCC2)nc2cc(C(=O)NC3Cc4ccccc4C3)cc(NC(=O)[C@@H]3CCCO3)c21. The maximum Gasteiger partial charge on any atom is 0.253 e. The molecule has 2 fully saturated rings. The number of fused-ring (bicyclic) bond motifs is 2. The second-order valence-electron chi connectivity index (χ2n) is 9.89. The van der Waals surface area contributed by atoms with Gasteiger partial charge in [0.05, 0.1) is 16.7 Å². The molecule has 1 aliphatic heterocycles. The second-order valence-corrected chi connectivity index (χ2v) is 9.89. The average molecular weight is 459 g/mol. The number of nitrogens with one attached hydrogen (secondary N) is 2. The summed E-state index contributed by atoms with van der Waals surface area (Å²) in [7, 11) is 2.00. The van der Waals surface area contributed by atoms with E-state index < -0.39 is 6.10 Å². The van der Waals surface area contributed by atoms with E-state index in [1.54, 1.807) is 6.07 Å². The lowest BCUT2D eigenvalue weighted by molar-refractivity contribution is -0.124. The zero-order valence-electron chi connectivity index (χ0n) is 19.5. The van der Waals surface area contributed by atoms with Crippen molar-refractivity contribution in [1.29, 1.82) is 0 Å². The van der Waals surface area contributed by atoms with Crippen LogP contribution in [-0.2, 0) is 29.4 Å². The molecule has 3 aromatic rings. The van der Waals surface area contributed by atoms with Gasteiger partial charge in [-0.15, -0.1) is 0 Å². The van der Waals surface area contributed by atoms with Crippen LogP contribution in [0.2, 0.25) is 0 Å². The highest BCUT2D eigenvalue weighted by atomic mass is 16.5. The zero-order valence-corrected chi connectivity index (χ0v) is 19.5. The van der Waals surface area contributed by atoms with E-state index in [4.69, 9.17) is 9.72 Å². The third-order valence-electron chi connectivity index (χ3n) is 7.60. The van der Waals surface area contributed by atoms with E-state index in [1.165, 1.54) is 17.5 Å². The van der Waals surface area contributed by atoms with Crippen molar-refractivity contribution in [3.05, 3.63) is 58.9 Å². The van der Waals surface area contributed by atoms with Gasteiger partial charge >= 0.3 is 0 Å². The molecule has 0 bridgehead atoms. The molecule has 0 radical (unpaired) electrons. The molecule has 2 amide bonds. The van der Waals surface area contributed by atoms with Gasteiger partial charge in [0.25, 0.3) is 11.8 Å². The summed E-state index contributed by atoms with van der Waals surface area (Å²) in [5.74, 6) is 1.17. The van der Waals surface area contributed by atoms with Gasteiger partial charge in [0.15, 0.2) is 0 Å². The molecule has 0 spiro atoms. The number of hydrogen-bond donors (Lipinski definition) is 2. The topological polar surface area (TPSA) is 85.3 Å². The number of carbonyl (C=O) groups is 2. The molecule has 7 nitrogen and oxygen atoms in total. The molecule has 1 aromatic heterocycles. The normalized spacial score (nSPS) is 20.3. The summed E-state index contributed by atoms with van der Waals surface area (Å²) in [6.07, 6.45) is 6.31. The number of benzene rings is 2. The fraction of sp³-hybridized carbons (Fsp3) is 0.444. The molecule has 7 heteroatoms. The van der Waals surface area contributed by atoms with Crippen LogP contribution in [0.1, 0.15) is 65.3 Å². The van der Waals surface area contributed by atoms with Crippen molar-refractivity contribution in [1.82, 2.24) is 14.9 Å². The minimum absolute atomic E-state index is 0.0693. The number of imidazole rings is 1. The highest BCUT2D eigenvalue weighted by Gasteiger charge is 2.29. The molecular formula is C27H30N4O3. The van der Waals surface area contributed by atoms with E-state index in [2.05, 4.69) is 27.3 Å². The zero-order chi connectivity index (χ0) is 23.2. The fourth-order valence-electron chi connectivity index (χ4n) is 5.56. The monoisotopic (exact) mass is 458 g/mol. The standard InChI is InChI=1S/C27H30N4O3/c1-31-24-21(29-25(31)16-8-4-9-16)14-19(15-22(24)30-27(33)23-10-5-11-34-23)26(32)28-20-12-17-6-2-3-7-18(17)13-20/h2-3,6-7,14-16,20,23H,4-5,8-13H2,1H3,(H,28,32)(H,30,33)/t23-/m0/s1. The summed E-state index contributed by atoms with van der Waals surface area (Å²) in [4.78, 5) is 31.1. The molecule has 2 aliphatic carbocycles. The van der Waals surface area contributed by atoms with Crippen molar-refractivity contribution in [3.63, 3.8) is 0 Å². The number of rotatable bonds is 5. The molecule has 1 saturated heterocycles. The molecule has 34 heavy (non-hydrogen) atoms. The Hall–Kier alpha value is -3.19. The second kappa shape index (κ2) is 8.55. The van der Waals surface area contributed by atoms with Crippen LogP contribution in [0.3, 0.4) is 0 Å². The summed E-state index contributed by atoms with van der Waals surface area (Å²) in [6.45, 7) is 0.608. The Morgan fingerprint density at radius 2 is 1.82 bits per heavy atom. The molecule has 1 atom stereocenters. The quantitative estimate of drug-likeness (QED) is 0.608. The number of aromatic nitrogens is 2. The first-order valence-electron chi connectivity index (χ1n) is 12.4. The number of ether oxygens (including phenoxy) is 1. The lowest BCUT2D eigenvalue weighted by Crippen LogP contribution is -2.35. The number of hydrogen-bond acceptors (Lipinski definition) is 4. The summed E-state index contributed by atoms with van der Waals surface area (Å²) < 4.78 is 7.67. The summed E-state index contributed by atoms with van der Waals surface area (Å²) in [5.41, 5.74) is 5.33. The minimum Gasteiger partial charge on any atom is -0.368 e. The maximum absolute atomic E-state index is 13.3. The largest absolute Gasteiger partial charge is 0.368 e. The van der Waals surface area contributed by atoms with E-state index >= 15 is 0 Å². The predicted octanol–water partition coefficient (Wildman–Crippen LogP) is 3.86. The average Bonchev–Trinajstić information content (AvgIpc) is 3.52. The van der Waals surface area contributed by atoms with Crippen molar-refractivity contribution >= 4 is 28.5 Å². The van der Waals surface area contributed by atoms with Crippen molar-refractivity contribution in [2.45, 2.75) is 63.0 Å². The van der Waals surface area contributed by atoms with Gasteiger partial charge in [-0.3, -0.25) is 9.59 Å². The van der Waals surface area contributed by atoms with Gasteiger partial charge in [-0.25, -0.2) is 4.98 Å². The summed E-state index contributed by atoms with van der Waals surface area (Å²) in [6, 6.07) is 12.1. The number of amides is 2. The third-order valence-corrected chi connectivity index (χ3v) is 7.60. The fourth-order valence-corrected chi connectivity index (χ4v) is 5.56. The first-order valence-corrected chi connectivity index (χ1v) is 12.4. The number of aryl methyl sites for hydroxylation is 1. The van der Waals surface area contributed by atoms with E-state index in [0.29, 0.717) is 23.8 Å². The Balaban J connectivity index is 1.31. The summed E-state index contributed by atoms with van der Waals surface area (Å²) in [5, 5.41) is 6.25. The van der Waals surface area contributed by atoms with Crippen LogP contribution in [-0.4, -0.2) is 40.1 Å². The molecule has 2 heterocycles. The Kier molecular flexibility index (Phi) is 5.37. The van der Waals surface area contributed by atoms with Crippen LogP contribution >= 0.6 is 0 Å². The van der Waals surface area contributed by atoms with Gasteiger partial charge in [-0.1, -0.05) is 30.7 Å². The van der Waals surface area contributed by atoms with Gasteiger partial charge < -0.3 is 19.9 Å².